The molecule has 0 aliphatic carbocycles. The van der Waals surface area contributed by atoms with E-state index in [1.165, 1.54) is 0 Å². The van der Waals surface area contributed by atoms with E-state index in [4.69, 9.17) is 11.6 Å². The average Bonchev–Trinajstić information content (AvgIpc) is 2.03. The molecule has 0 N–H and O–H groups in total. The molecule has 0 radical (unpaired) electrons. The van der Waals surface area contributed by atoms with Crippen LogP contribution in [0.3, 0.4) is 0 Å². The van der Waals surface area contributed by atoms with Crippen molar-refractivity contribution in [3.63, 3.8) is 0 Å². The Morgan fingerprint density at radius 1 is 1.58 bits per heavy atom. The molecule has 0 aliphatic rings. The smallest absolute Gasteiger partial charge is 0.0403 e. The molecule has 0 amide bonds. The lowest BCUT2D eigenvalue weighted by Crippen LogP contribution is -2.19. The molecule has 68 valence electrons. The zero-order valence-electron chi connectivity index (χ0n) is 7.81. The molecule has 0 unspecified atom stereocenters. The molecule has 0 rings (SSSR count). The van der Waals surface area contributed by atoms with Crippen LogP contribution < -0.4 is 0 Å². The van der Waals surface area contributed by atoms with E-state index >= 15 is 0 Å². The molecule has 0 saturated carbocycles. The average molecular weight is 186 g/mol. The SMILES string of the molecule is C=C/C(Cl)=C\C(=C)CN(C)CC. The second kappa shape index (κ2) is 6.04. The number of halogens is 1. The normalized spacial score (nSPS) is 11.8. The van der Waals surface area contributed by atoms with Gasteiger partial charge in [-0.05, 0) is 25.2 Å². The Balaban J connectivity index is 3.97. The predicted octanol–water partition coefficient (Wildman–Crippen LogP) is 2.80. The molecule has 0 aliphatic heterocycles. The predicted molar refractivity (Wildman–Crippen MR) is 56.4 cm³/mol. The van der Waals surface area contributed by atoms with E-state index in [-0.39, 0.29) is 0 Å². The van der Waals surface area contributed by atoms with Gasteiger partial charge in [0.15, 0.2) is 0 Å². The van der Waals surface area contributed by atoms with Gasteiger partial charge in [-0.25, -0.2) is 0 Å². The molecule has 1 nitrogen and oxygen atoms in total. The maximum atomic E-state index is 5.75. The monoisotopic (exact) mass is 185 g/mol. The first kappa shape index (κ1) is 11.5. The van der Waals surface area contributed by atoms with E-state index in [2.05, 4.69) is 25.0 Å². The molecule has 0 atom stereocenters. The zero-order chi connectivity index (χ0) is 9.56. The van der Waals surface area contributed by atoms with Gasteiger partial charge in [-0.1, -0.05) is 37.8 Å². The van der Waals surface area contributed by atoms with Crippen LogP contribution in [-0.4, -0.2) is 25.0 Å². The first-order valence-corrected chi connectivity index (χ1v) is 4.34. The van der Waals surface area contributed by atoms with Crippen LogP contribution in [0.15, 0.2) is 35.9 Å². The second-order valence-corrected chi connectivity index (χ2v) is 3.16. The summed E-state index contributed by atoms with van der Waals surface area (Å²) in [4.78, 5) is 2.16. The molecular weight excluding hydrogens is 170 g/mol. The number of rotatable bonds is 5. The van der Waals surface area contributed by atoms with Crippen LogP contribution >= 0.6 is 11.6 Å². The fraction of sp³-hybridized carbons (Fsp3) is 0.400. The quantitative estimate of drug-likeness (QED) is 0.596. The Kier molecular flexibility index (Phi) is 5.77. The number of hydrogen-bond donors (Lipinski definition) is 0. The van der Waals surface area contributed by atoms with Gasteiger partial charge in [0.1, 0.15) is 0 Å². The first-order chi connectivity index (χ1) is 5.60. The molecule has 0 aromatic rings. The van der Waals surface area contributed by atoms with Crippen LogP contribution in [0.5, 0.6) is 0 Å². The Morgan fingerprint density at radius 2 is 2.17 bits per heavy atom. The van der Waals surface area contributed by atoms with Crippen molar-refractivity contribution in [3.05, 3.63) is 35.9 Å². The van der Waals surface area contributed by atoms with Crippen molar-refractivity contribution in [2.24, 2.45) is 0 Å². The summed E-state index contributed by atoms with van der Waals surface area (Å²) in [5.41, 5.74) is 1.00. The number of nitrogens with zero attached hydrogens (tertiary/aromatic N) is 1. The first-order valence-electron chi connectivity index (χ1n) is 3.96. The highest BCUT2D eigenvalue weighted by Crippen LogP contribution is 2.06. The highest BCUT2D eigenvalue weighted by Gasteiger charge is 1.95. The lowest BCUT2D eigenvalue weighted by Gasteiger charge is -2.13. The molecule has 2 heteroatoms. The number of hydrogen-bond acceptors (Lipinski definition) is 1. The number of allylic oxidation sites excluding steroid dienone is 2. The molecule has 0 fully saturated rings. The van der Waals surface area contributed by atoms with Gasteiger partial charge in [0.25, 0.3) is 0 Å². The van der Waals surface area contributed by atoms with Crippen molar-refractivity contribution in [1.82, 2.24) is 4.90 Å². The van der Waals surface area contributed by atoms with E-state index in [1.54, 1.807) is 6.08 Å². The summed E-state index contributed by atoms with van der Waals surface area (Å²) >= 11 is 5.75. The van der Waals surface area contributed by atoms with Crippen LogP contribution in [0.25, 0.3) is 0 Å². The van der Waals surface area contributed by atoms with Crippen molar-refractivity contribution in [2.75, 3.05) is 20.1 Å². The summed E-state index contributed by atoms with van der Waals surface area (Å²) in [7, 11) is 2.04. The summed E-state index contributed by atoms with van der Waals surface area (Å²) in [6.07, 6.45) is 3.44. The summed E-state index contributed by atoms with van der Waals surface area (Å²) in [5.74, 6) is 0. The van der Waals surface area contributed by atoms with Gasteiger partial charge in [-0.15, -0.1) is 0 Å². The molecular formula is C10H16ClN. The number of likely N-dealkylation sites (N-methyl/N-ethyl adjacent to an activating group) is 1. The second-order valence-electron chi connectivity index (χ2n) is 2.72. The van der Waals surface area contributed by atoms with Gasteiger partial charge in [0.2, 0.25) is 0 Å². The topological polar surface area (TPSA) is 3.24 Å². The Bertz CT molecular complexity index is 194. The van der Waals surface area contributed by atoms with Gasteiger partial charge in [0, 0.05) is 11.6 Å². The van der Waals surface area contributed by atoms with E-state index in [0.29, 0.717) is 5.03 Å². The summed E-state index contributed by atoms with van der Waals surface area (Å²) in [6.45, 7) is 11.4. The highest BCUT2D eigenvalue weighted by atomic mass is 35.5. The Labute approximate surface area is 80.0 Å². The largest absolute Gasteiger partial charge is 0.302 e. The lowest BCUT2D eigenvalue weighted by atomic mass is 10.2. The minimum atomic E-state index is 0.643. The maximum absolute atomic E-state index is 5.75. The van der Waals surface area contributed by atoms with Crippen LogP contribution in [0, 0.1) is 0 Å². The van der Waals surface area contributed by atoms with Crippen molar-refractivity contribution in [3.8, 4) is 0 Å². The van der Waals surface area contributed by atoms with E-state index in [9.17, 15) is 0 Å². The summed E-state index contributed by atoms with van der Waals surface area (Å²) in [5, 5.41) is 0.643. The van der Waals surface area contributed by atoms with Gasteiger partial charge < -0.3 is 4.90 Å². The third-order valence-corrected chi connectivity index (χ3v) is 1.81. The molecule has 0 aromatic heterocycles. The standard InChI is InChI=1S/C10H16ClN/c1-5-10(11)7-9(3)8-12(4)6-2/h5,7H,1,3,6,8H2,2,4H3/b10-7+. The lowest BCUT2D eigenvalue weighted by molar-refractivity contribution is 0.386. The molecule has 0 spiro atoms. The van der Waals surface area contributed by atoms with Crippen molar-refractivity contribution in [2.45, 2.75) is 6.92 Å². The molecule has 12 heavy (non-hydrogen) atoms. The van der Waals surface area contributed by atoms with Crippen LogP contribution in [0.4, 0.5) is 0 Å². The Hall–Kier alpha value is -0.530. The zero-order valence-corrected chi connectivity index (χ0v) is 8.56. The van der Waals surface area contributed by atoms with Crippen LogP contribution in [0.2, 0.25) is 0 Å². The summed E-state index contributed by atoms with van der Waals surface area (Å²) in [6, 6.07) is 0. The molecule has 0 heterocycles. The van der Waals surface area contributed by atoms with Gasteiger partial charge in [-0.2, -0.15) is 0 Å². The van der Waals surface area contributed by atoms with E-state index in [1.807, 2.05) is 13.1 Å². The van der Waals surface area contributed by atoms with Crippen molar-refractivity contribution < 1.29 is 0 Å². The molecule has 0 saturated heterocycles. The van der Waals surface area contributed by atoms with Crippen LogP contribution in [0.1, 0.15) is 6.92 Å². The van der Waals surface area contributed by atoms with Gasteiger partial charge >= 0.3 is 0 Å². The van der Waals surface area contributed by atoms with E-state index in [0.717, 1.165) is 18.7 Å². The fourth-order valence-electron chi connectivity index (χ4n) is 0.758. The summed E-state index contributed by atoms with van der Waals surface area (Å²) < 4.78 is 0. The van der Waals surface area contributed by atoms with E-state index < -0.39 is 0 Å². The van der Waals surface area contributed by atoms with Crippen molar-refractivity contribution >= 4 is 11.6 Å². The van der Waals surface area contributed by atoms with Crippen LogP contribution in [-0.2, 0) is 0 Å². The minimum Gasteiger partial charge on any atom is -0.302 e. The van der Waals surface area contributed by atoms with Gasteiger partial charge in [-0.3, -0.25) is 0 Å². The fourth-order valence-corrected chi connectivity index (χ4v) is 0.912. The van der Waals surface area contributed by atoms with Gasteiger partial charge in [0.05, 0.1) is 0 Å². The molecule has 0 bridgehead atoms. The van der Waals surface area contributed by atoms with Crippen molar-refractivity contribution in [1.29, 1.82) is 0 Å². The highest BCUT2D eigenvalue weighted by molar-refractivity contribution is 6.31. The third-order valence-electron chi connectivity index (χ3n) is 1.55. The minimum absolute atomic E-state index is 0.643. The maximum Gasteiger partial charge on any atom is 0.0403 e. The Morgan fingerprint density at radius 3 is 2.58 bits per heavy atom. The third kappa shape index (κ3) is 5.16. The molecule has 0 aromatic carbocycles.